The van der Waals surface area contributed by atoms with E-state index in [0.29, 0.717) is 29.5 Å². The van der Waals surface area contributed by atoms with Crippen molar-refractivity contribution in [2.75, 3.05) is 0 Å². The summed E-state index contributed by atoms with van der Waals surface area (Å²) in [7, 11) is 0. The van der Waals surface area contributed by atoms with Gasteiger partial charge in [-0.3, -0.25) is 4.79 Å². The molecule has 0 saturated heterocycles. The van der Waals surface area contributed by atoms with Crippen LogP contribution in [0.1, 0.15) is 64.7 Å². The molecule has 6 atom stereocenters. The number of nitriles is 1. The Morgan fingerprint density at radius 2 is 2.04 bits per heavy atom. The highest BCUT2D eigenvalue weighted by Gasteiger charge is 2.62. The summed E-state index contributed by atoms with van der Waals surface area (Å²) < 4.78 is 0. The average Bonchev–Trinajstić information content (AvgIpc) is 2.79. The lowest BCUT2D eigenvalue weighted by atomic mass is 9.50. The largest absolute Gasteiger partial charge is 0.388 e. The third kappa shape index (κ3) is 2.07. The molecule has 124 valence electrons. The fraction of sp³-hybridized carbons (Fsp3) is 0.800. The van der Waals surface area contributed by atoms with Crippen LogP contribution in [0.15, 0.2) is 11.6 Å². The van der Waals surface area contributed by atoms with Gasteiger partial charge < -0.3 is 5.11 Å². The van der Waals surface area contributed by atoms with E-state index in [2.05, 4.69) is 13.0 Å². The molecule has 0 aromatic heterocycles. The molecule has 4 aliphatic carbocycles. The predicted octanol–water partition coefficient (Wildman–Crippen LogP) is 3.77. The number of ketones is 1. The lowest BCUT2D eigenvalue weighted by Gasteiger charge is -2.55. The molecule has 0 spiro atoms. The van der Waals surface area contributed by atoms with Crippen molar-refractivity contribution in [3.05, 3.63) is 11.6 Å². The number of fused-ring (bicyclic) bond motifs is 5. The van der Waals surface area contributed by atoms with E-state index in [4.69, 9.17) is 5.26 Å². The fourth-order valence-electron chi connectivity index (χ4n) is 6.71. The number of carbonyl (C=O) groups is 1. The van der Waals surface area contributed by atoms with Crippen molar-refractivity contribution in [3.63, 3.8) is 0 Å². The summed E-state index contributed by atoms with van der Waals surface area (Å²) in [6.07, 6.45) is 10.3. The van der Waals surface area contributed by atoms with Gasteiger partial charge in [-0.2, -0.15) is 5.26 Å². The molecule has 1 unspecified atom stereocenters. The van der Waals surface area contributed by atoms with Gasteiger partial charge in [0.25, 0.3) is 0 Å². The smallest absolute Gasteiger partial charge is 0.155 e. The molecule has 0 aromatic rings. The van der Waals surface area contributed by atoms with E-state index in [1.807, 2.05) is 6.08 Å². The van der Waals surface area contributed by atoms with Crippen LogP contribution >= 0.6 is 0 Å². The first kappa shape index (κ1) is 15.4. The monoisotopic (exact) mass is 313 g/mol. The van der Waals surface area contributed by atoms with Crippen LogP contribution in [0, 0.1) is 40.4 Å². The molecule has 0 bridgehead atoms. The maximum absolute atomic E-state index is 11.7. The highest BCUT2D eigenvalue weighted by atomic mass is 16.3. The lowest BCUT2D eigenvalue weighted by molar-refractivity contribution is -0.119. The third-order valence-corrected chi connectivity index (χ3v) is 7.99. The van der Waals surface area contributed by atoms with Gasteiger partial charge in [-0.05, 0) is 74.7 Å². The van der Waals surface area contributed by atoms with E-state index < -0.39 is 5.60 Å². The summed E-state index contributed by atoms with van der Waals surface area (Å²) in [6.45, 7) is 2.24. The summed E-state index contributed by atoms with van der Waals surface area (Å²) in [4.78, 5) is 11.7. The molecule has 0 amide bonds. The van der Waals surface area contributed by atoms with Crippen LogP contribution in [0.2, 0.25) is 0 Å². The van der Waals surface area contributed by atoms with Crippen molar-refractivity contribution in [2.45, 2.75) is 70.3 Å². The van der Waals surface area contributed by atoms with Crippen LogP contribution in [0.25, 0.3) is 0 Å². The van der Waals surface area contributed by atoms with Crippen molar-refractivity contribution >= 4 is 5.78 Å². The average molecular weight is 313 g/mol. The second kappa shape index (κ2) is 5.18. The van der Waals surface area contributed by atoms with Crippen LogP contribution in [-0.4, -0.2) is 16.5 Å². The molecule has 0 aromatic carbocycles. The Labute approximate surface area is 138 Å². The number of allylic oxidation sites excluding steroid dienone is 1. The molecule has 4 aliphatic rings. The standard InChI is InChI=1S/C20H27NO2/c1-19-8-6-16-15-5-3-14(22)12-13(15)2-4-17(16)18(19)7-9-20(19,23)10-11-21/h12,15-18,23H,2-10H2,1H3/t15-,16+,17+,18-,19-,20?/m0/s1. The Morgan fingerprint density at radius 3 is 2.83 bits per heavy atom. The topological polar surface area (TPSA) is 61.1 Å². The Kier molecular flexibility index (Phi) is 3.47. The fourth-order valence-corrected chi connectivity index (χ4v) is 6.71. The first-order valence-corrected chi connectivity index (χ1v) is 9.31. The normalized spacial score (nSPS) is 48.7. The second-order valence-corrected chi connectivity index (χ2v) is 8.66. The highest BCUT2D eigenvalue weighted by molar-refractivity contribution is 5.91. The Morgan fingerprint density at radius 1 is 1.22 bits per heavy atom. The van der Waals surface area contributed by atoms with E-state index in [1.54, 1.807) is 0 Å². The molecule has 3 saturated carbocycles. The van der Waals surface area contributed by atoms with Gasteiger partial charge in [0, 0.05) is 11.8 Å². The quantitative estimate of drug-likeness (QED) is 0.801. The van der Waals surface area contributed by atoms with Gasteiger partial charge in [-0.25, -0.2) is 0 Å². The number of rotatable bonds is 1. The zero-order valence-corrected chi connectivity index (χ0v) is 14.1. The van der Waals surface area contributed by atoms with E-state index in [9.17, 15) is 9.90 Å². The van der Waals surface area contributed by atoms with Crippen molar-refractivity contribution in [2.24, 2.45) is 29.1 Å². The highest BCUT2D eigenvalue weighted by Crippen LogP contribution is 2.65. The minimum Gasteiger partial charge on any atom is -0.388 e. The SMILES string of the molecule is C[C@]12CC[C@H]3[C@@H](CCC4=CC(=O)CC[C@@H]43)[C@@H]1CCC2(O)CC#N. The van der Waals surface area contributed by atoms with Crippen LogP contribution in [0.4, 0.5) is 0 Å². The van der Waals surface area contributed by atoms with E-state index >= 15 is 0 Å². The molecule has 0 aliphatic heterocycles. The molecular formula is C20H27NO2. The number of hydrogen-bond donors (Lipinski definition) is 1. The molecule has 1 N–H and O–H groups in total. The molecule has 4 rings (SSSR count). The first-order chi connectivity index (χ1) is 11.0. The van der Waals surface area contributed by atoms with Crippen LogP contribution in [0.5, 0.6) is 0 Å². The zero-order valence-electron chi connectivity index (χ0n) is 14.1. The Hall–Kier alpha value is -1.14. The number of aliphatic hydroxyl groups is 1. The second-order valence-electron chi connectivity index (χ2n) is 8.66. The molecule has 3 heteroatoms. The summed E-state index contributed by atoms with van der Waals surface area (Å²) >= 11 is 0. The summed E-state index contributed by atoms with van der Waals surface area (Å²) in [5.41, 5.74) is 0.544. The summed E-state index contributed by atoms with van der Waals surface area (Å²) in [6, 6.07) is 2.23. The summed E-state index contributed by atoms with van der Waals surface area (Å²) in [5.74, 6) is 2.86. The molecular weight excluding hydrogens is 286 g/mol. The molecule has 0 radical (unpaired) electrons. The van der Waals surface area contributed by atoms with Gasteiger partial charge in [0.15, 0.2) is 5.78 Å². The van der Waals surface area contributed by atoms with Crippen LogP contribution in [-0.2, 0) is 4.79 Å². The van der Waals surface area contributed by atoms with E-state index in [0.717, 1.165) is 44.9 Å². The van der Waals surface area contributed by atoms with Gasteiger partial charge >= 0.3 is 0 Å². The Balaban J connectivity index is 1.63. The van der Waals surface area contributed by atoms with Crippen molar-refractivity contribution < 1.29 is 9.90 Å². The minimum atomic E-state index is -0.782. The zero-order chi connectivity index (χ0) is 16.2. The van der Waals surface area contributed by atoms with Gasteiger partial charge in [-0.15, -0.1) is 0 Å². The molecule has 23 heavy (non-hydrogen) atoms. The van der Waals surface area contributed by atoms with E-state index in [-0.39, 0.29) is 11.8 Å². The molecule has 3 fully saturated rings. The van der Waals surface area contributed by atoms with Gasteiger partial charge in [0.05, 0.1) is 18.1 Å². The van der Waals surface area contributed by atoms with Crippen LogP contribution < -0.4 is 0 Å². The Bertz CT molecular complexity index is 603. The third-order valence-electron chi connectivity index (χ3n) is 7.99. The van der Waals surface area contributed by atoms with Gasteiger partial charge in [0.1, 0.15) is 0 Å². The molecule has 0 heterocycles. The maximum Gasteiger partial charge on any atom is 0.155 e. The van der Waals surface area contributed by atoms with Crippen molar-refractivity contribution in [1.29, 1.82) is 5.26 Å². The predicted molar refractivity (Wildman–Crippen MR) is 87.3 cm³/mol. The van der Waals surface area contributed by atoms with Gasteiger partial charge in [-0.1, -0.05) is 12.5 Å². The number of nitrogens with zero attached hydrogens (tertiary/aromatic N) is 1. The summed E-state index contributed by atoms with van der Waals surface area (Å²) in [5, 5.41) is 20.3. The van der Waals surface area contributed by atoms with Gasteiger partial charge in [0.2, 0.25) is 0 Å². The van der Waals surface area contributed by atoms with Crippen LogP contribution in [0.3, 0.4) is 0 Å². The maximum atomic E-state index is 11.7. The van der Waals surface area contributed by atoms with E-state index in [1.165, 1.54) is 12.0 Å². The number of carbonyl (C=O) groups excluding carboxylic acids is 1. The lowest BCUT2D eigenvalue weighted by Crippen LogP contribution is -2.52. The molecule has 3 nitrogen and oxygen atoms in total. The number of hydrogen-bond acceptors (Lipinski definition) is 3. The van der Waals surface area contributed by atoms with Crippen molar-refractivity contribution in [3.8, 4) is 6.07 Å². The minimum absolute atomic E-state index is 0.0877. The van der Waals surface area contributed by atoms with Crippen molar-refractivity contribution in [1.82, 2.24) is 0 Å². The first-order valence-electron chi connectivity index (χ1n) is 9.31.